The summed E-state index contributed by atoms with van der Waals surface area (Å²) in [6.45, 7) is 3.76. The van der Waals surface area contributed by atoms with Gasteiger partial charge < -0.3 is 15.8 Å². The van der Waals surface area contributed by atoms with Gasteiger partial charge in [0, 0.05) is 57.3 Å². The molecule has 156 valence electrons. The van der Waals surface area contributed by atoms with Gasteiger partial charge >= 0.3 is 0 Å². The Morgan fingerprint density at radius 2 is 1.97 bits per heavy atom. The molecule has 2 aliphatic rings. The molecule has 7 heteroatoms. The molecule has 4 rings (SSSR count). The lowest BCUT2D eigenvalue weighted by atomic mass is 10.00. The number of hydrogen-bond acceptors (Lipinski definition) is 5. The molecule has 7 nitrogen and oxygen atoms in total. The summed E-state index contributed by atoms with van der Waals surface area (Å²) in [5, 5.41) is 7.48. The molecule has 1 aromatic carbocycles. The van der Waals surface area contributed by atoms with Crippen molar-refractivity contribution in [3.05, 3.63) is 48.3 Å². The Labute approximate surface area is 172 Å². The predicted octanol–water partition coefficient (Wildman–Crippen LogP) is 1.71. The molecule has 2 fully saturated rings. The molecule has 0 bridgehead atoms. The van der Waals surface area contributed by atoms with E-state index in [1.165, 1.54) is 0 Å². The molecule has 2 saturated heterocycles. The second-order valence-electron chi connectivity index (χ2n) is 8.13. The van der Waals surface area contributed by atoms with Crippen LogP contribution in [-0.2, 0) is 16.1 Å². The largest absolute Gasteiger partial charge is 0.381 e. The maximum atomic E-state index is 13.0. The van der Waals surface area contributed by atoms with Crippen molar-refractivity contribution in [2.75, 3.05) is 26.3 Å². The molecule has 3 heterocycles. The van der Waals surface area contributed by atoms with Gasteiger partial charge in [-0.2, -0.15) is 5.10 Å². The fourth-order valence-corrected chi connectivity index (χ4v) is 4.44. The number of rotatable bonds is 5. The van der Waals surface area contributed by atoms with E-state index in [4.69, 9.17) is 10.5 Å². The van der Waals surface area contributed by atoms with Crippen LogP contribution in [0.25, 0.3) is 5.69 Å². The quantitative estimate of drug-likeness (QED) is 0.802. The second kappa shape index (κ2) is 9.52. The van der Waals surface area contributed by atoms with Crippen molar-refractivity contribution in [1.82, 2.24) is 20.0 Å². The molecule has 0 unspecified atom stereocenters. The fourth-order valence-electron chi connectivity index (χ4n) is 4.44. The lowest BCUT2D eigenvalue weighted by Gasteiger charge is -2.35. The molecule has 2 aromatic rings. The maximum Gasteiger partial charge on any atom is 0.224 e. The van der Waals surface area contributed by atoms with Crippen molar-refractivity contribution in [2.24, 2.45) is 11.7 Å². The van der Waals surface area contributed by atoms with Crippen LogP contribution in [0.3, 0.4) is 0 Å². The average molecular weight is 398 g/mol. The van der Waals surface area contributed by atoms with Crippen LogP contribution in [0.15, 0.2) is 42.7 Å². The minimum Gasteiger partial charge on any atom is -0.381 e. The molecule has 0 aliphatic carbocycles. The zero-order valence-electron chi connectivity index (χ0n) is 16.9. The SMILES string of the molecule is N[C@H]1CC[C@@H](C(=O)NCc2ccccc2-n2cccn2)CN(C2CCOCC2)C1. The highest BCUT2D eigenvalue weighted by molar-refractivity contribution is 5.79. The highest BCUT2D eigenvalue weighted by Gasteiger charge is 2.31. The van der Waals surface area contributed by atoms with Crippen molar-refractivity contribution in [1.29, 1.82) is 0 Å². The van der Waals surface area contributed by atoms with Gasteiger partial charge in [0.2, 0.25) is 5.91 Å². The number of carbonyl (C=O) groups excluding carboxylic acids is 1. The standard InChI is InChI=1S/C22H31N5O2/c23-19-7-6-18(15-26(16-19)20-8-12-29-13-9-20)22(28)24-14-17-4-1-2-5-21(17)27-11-3-10-25-27/h1-5,10-11,18-20H,6-9,12-16,23H2,(H,24,28)/t18-,19+/m1/s1. The summed E-state index contributed by atoms with van der Waals surface area (Å²) in [6.07, 6.45) is 7.46. The molecule has 2 aliphatic heterocycles. The molecular formula is C22H31N5O2. The van der Waals surface area contributed by atoms with Crippen LogP contribution in [0.5, 0.6) is 0 Å². The van der Waals surface area contributed by atoms with Gasteiger partial charge in [0.05, 0.1) is 11.6 Å². The Kier molecular flexibility index (Phi) is 6.59. The minimum atomic E-state index is -0.0248. The molecule has 29 heavy (non-hydrogen) atoms. The fraction of sp³-hybridized carbons (Fsp3) is 0.545. The molecule has 0 radical (unpaired) electrons. The lowest BCUT2D eigenvalue weighted by Crippen LogP contribution is -2.47. The van der Waals surface area contributed by atoms with Crippen molar-refractivity contribution < 1.29 is 9.53 Å². The van der Waals surface area contributed by atoms with Gasteiger partial charge in [0.1, 0.15) is 0 Å². The first-order chi connectivity index (χ1) is 14.2. The highest BCUT2D eigenvalue weighted by Crippen LogP contribution is 2.23. The topological polar surface area (TPSA) is 85.4 Å². The molecule has 0 saturated carbocycles. The number of nitrogens with one attached hydrogen (secondary N) is 1. The van der Waals surface area contributed by atoms with Crippen LogP contribution in [0.1, 0.15) is 31.2 Å². The van der Waals surface area contributed by atoms with Gasteiger partial charge in [-0.05, 0) is 43.4 Å². The third-order valence-corrected chi connectivity index (χ3v) is 6.08. The van der Waals surface area contributed by atoms with Gasteiger partial charge in [0.25, 0.3) is 0 Å². The van der Waals surface area contributed by atoms with E-state index in [0.29, 0.717) is 12.6 Å². The van der Waals surface area contributed by atoms with Crippen LogP contribution in [0, 0.1) is 5.92 Å². The molecule has 1 aromatic heterocycles. The van der Waals surface area contributed by atoms with Crippen molar-refractivity contribution in [2.45, 2.75) is 44.3 Å². The third-order valence-electron chi connectivity index (χ3n) is 6.08. The normalized spacial score (nSPS) is 24.2. The van der Waals surface area contributed by atoms with Gasteiger partial charge in [-0.25, -0.2) is 4.68 Å². The van der Waals surface area contributed by atoms with Crippen LogP contribution in [0.2, 0.25) is 0 Å². The van der Waals surface area contributed by atoms with E-state index in [1.807, 2.05) is 41.2 Å². The first kappa shape index (κ1) is 20.1. The summed E-state index contributed by atoms with van der Waals surface area (Å²) >= 11 is 0. The Morgan fingerprint density at radius 3 is 2.76 bits per heavy atom. The second-order valence-corrected chi connectivity index (χ2v) is 8.13. The van der Waals surface area contributed by atoms with Gasteiger partial charge in [0.15, 0.2) is 0 Å². The molecule has 2 atom stereocenters. The number of amides is 1. The van der Waals surface area contributed by atoms with E-state index in [0.717, 1.165) is 63.2 Å². The maximum absolute atomic E-state index is 13.0. The minimum absolute atomic E-state index is 0.0248. The Morgan fingerprint density at radius 1 is 1.14 bits per heavy atom. The van der Waals surface area contributed by atoms with Gasteiger partial charge in [-0.3, -0.25) is 9.69 Å². The molecule has 1 amide bonds. The van der Waals surface area contributed by atoms with Crippen molar-refractivity contribution >= 4 is 5.91 Å². The number of para-hydroxylation sites is 1. The lowest BCUT2D eigenvalue weighted by molar-refractivity contribution is -0.126. The van der Waals surface area contributed by atoms with Crippen molar-refractivity contribution in [3.8, 4) is 5.69 Å². The molecular weight excluding hydrogens is 366 g/mol. The number of carbonyl (C=O) groups is 1. The Balaban J connectivity index is 1.40. The first-order valence-corrected chi connectivity index (χ1v) is 10.6. The van der Waals surface area contributed by atoms with E-state index in [9.17, 15) is 4.79 Å². The summed E-state index contributed by atoms with van der Waals surface area (Å²) in [5.74, 6) is 0.0923. The number of ether oxygens (including phenoxy) is 1. The number of nitrogens with two attached hydrogens (primary N) is 1. The summed E-state index contributed by atoms with van der Waals surface area (Å²) in [6, 6.07) is 10.5. The average Bonchev–Trinajstić information content (AvgIpc) is 3.22. The number of aromatic nitrogens is 2. The Hall–Kier alpha value is -2.22. The zero-order chi connectivity index (χ0) is 20.1. The first-order valence-electron chi connectivity index (χ1n) is 10.6. The summed E-state index contributed by atoms with van der Waals surface area (Å²) < 4.78 is 7.34. The summed E-state index contributed by atoms with van der Waals surface area (Å²) in [7, 11) is 0. The van der Waals surface area contributed by atoms with Gasteiger partial charge in [-0.1, -0.05) is 18.2 Å². The number of likely N-dealkylation sites (tertiary alicyclic amines) is 1. The van der Waals surface area contributed by atoms with Crippen LogP contribution in [0.4, 0.5) is 0 Å². The van der Waals surface area contributed by atoms with E-state index < -0.39 is 0 Å². The van der Waals surface area contributed by atoms with Crippen LogP contribution >= 0.6 is 0 Å². The van der Waals surface area contributed by atoms with Gasteiger partial charge in [-0.15, -0.1) is 0 Å². The highest BCUT2D eigenvalue weighted by atomic mass is 16.5. The Bertz CT molecular complexity index is 788. The van der Waals surface area contributed by atoms with Crippen LogP contribution < -0.4 is 11.1 Å². The van der Waals surface area contributed by atoms with E-state index in [-0.39, 0.29) is 17.9 Å². The third kappa shape index (κ3) is 5.04. The summed E-state index contributed by atoms with van der Waals surface area (Å²) in [5.41, 5.74) is 8.36. The number of benzene rings is 1. The predicted molar refractivity (Wildman–Crippen MR) is 112 cm³/mol. The monoisotopic (exact) mass is 397 g/mol. The molecule has 0 spiro atoms. The number of nitrogens with zero attached hydrogens (tertiary/aromatic N) is 3. The summed E-state index contributed by atoms with van der Waals surface area (Å²) in [4.78, 5) is 15.5. The zero-order valence-corrected chi connectivity index (χ0v) is 16.9. The van der Waals surface area contributed by atoms with E-state index in [2.05, 4.69) is 15.3 Å². The number of hydrogen-bond donors (Lipinski definition) is 2. The molecule has 3 N–H and O–H groups in total. The van der Waals surface area contributed by atoms with E-state index in [1.54, 1.807) is 6.20 Å². The van der Waals surface area contributed by atoms with Crippen LogP contribution in [-0.4, -0.2) is 59.0 Å². The van der Waals surface area contributed by atoms with E-state index >= 15 is 0 Å². The smallest absolute Gasteiger partial charge is 0.224 e. The van der Waals surface area contributed by atoms with Crippen molar-refractivity contribution in [3.63, 3.8) is 0 Å².